The summed E-state index contributed by atoms with van der Waals surface area (Å²) < 4.78 is 35.7. The Bertz CT molecular complexity index is 1090. The molecule has 7 nitrogen and oxygen atoms in total. The number of fused-ring (bicyclic) bond motifs is 1. The molecule has 3 aromatic heterocycles. The second kappa shape index (κ2) is 9.68. The van der Waals surface area contributed by atoms with Gasteiger partial charge in [-0.25, -0.2) is 15.0 Å². The lowest BCUT2D eigenvalue weighted by Crippen LogP contribution is -2.19. The van der Waals surface area contributed by atoms with Gasteiger partial charge in [-0.2, -0.15) is 8.78 Å². The first-order valence-corrected chi connectivity index (χ1v) is 10.8. The number of alkyl halides is 2. The highest BCUT2D eigenvalue weighted by atomic mass is 19.3. The van der Waals surface area contributed by atoms with Crippen LogP contribution >= 0.6 is 0 Å². The summed E-state index contributed by atoms with van der Waals surface area (Å²) in [5.74, 6) is -3.30. The van der Waals surface area contributed by atoms with Crippen molar-refractivity contribution in [3.8, 4) is 11.3 Å². The van der Waals surface area contributed by atoms with Gasteiger partial charge < -0.3 is 14.6 Å². The molecule has 1 aliphatic rings. The number of methoxy groups -OCH3 is 1. The third-order valence-electron chi connectivity index (χ3n) is 5.53. The Morgan fingerprint density at radius 3 is 2.66 bits per heavy atom. The summed E-state index contributed by atoms with van der Waals surface area (Å²) >= 11 is 0. The number of ether oxygens (including phenoxy) is 1. The maximum absolute atomic E-state index is 14.0. The van der Waals surface area contributed by atoms with Crippen LogP contribution in [0.5, 0.6) is 0 Å². The number of carbonyl (C=O) groups excluding carboxylic acids is 1. The molecule has 2 unspecified atom stereocenters. The Morgan fingerprint density at radius 2 is 2.00 bits per heavy atom. The van der Waals surface area contributed by atoms with Gasteiger partial charge in [0.1, 0.15) is 5.82 Å². The quantitative estimate of drug-likeness (QED) is 0.524. The number of nitrogens with one attached hydrogen (secondary N) is 1. The molecule has 0 aliphatic heterocycles. The van der Waals surface area contributed by atoms with E-state index < -0.39 is 11.7 Å². The van der Waals surface area contributed by atoms with E-state index in [-0.39, 0.29) is 12.1 Å². The molecule has 2 atom stereocenters. The number of halogens is 2. The number of hydrogen-bond acceptors (Lipinski definition) is 5. The van der Waals surface area contributed by atoms with E-state index in [4.69, 9.17) is 4.74 Å². The summed E-state index contributed by atoms with van der Waals surface area (Å²) in [7, 11) is 1.70. The van der Waals surface area contributed by atoms with Gasteiger partial charge in [0.25, 0.3) is 0 Å². The molecule has 0 saturated heterocycles. The van der Waals surface area contributed by atoms with Crippen LogP contribution in [0.15, 0.2) is 24.5 Å². The zero-order valence-corrected chi connectivity index (χ0v) is 19.0. The number of hydrogen-bond donors (Lipinski definition) is 1. The molecule has 172 valence electrons. The molecule has 0 aromatic carbocycles. The normalized spacial score (nSPS) is 18.3. The van der Waals surface area contributed by atoms with E-state index in [9.17, 15) is 13.6 Å². The van der Waals surface area contributed by atoms with E-state index in [1.807, 2.05) is 20.0 Å². The molecule has 9 heteroatoms. The molecule has 0 bridgehead atoms. The van der Waals surface area contributed by atoms with Gasteiger partial charge in [0.15, 0.2) is 5.82 Å². The zero-order chi connectivity index (χ0) is 23.5. The minimum Gasteiger partial charge on any atom is -0.379 e. The lowest BCUT2D eigenvalue weighted by molar-refractivity contribution is -0.105. The van der Waals surface area contributed by atoms with E-state index >= 15 is 0 Å². The first kappa shape index (κ1) is 23.7. The van der Waals surface area contributed by atoms with Crippen molar-refractivity contribution in [3.05, 3.63) is 36.0 Å². The fraction of sp³-hybridized carbons (Fsp3) is 0.478. The Balaban J connectivity index is 0.00000141. The van der Waals surface area contributed by atoms with Crippen LogP contribution in [0, 0.1) is 6.92 Å². The number of aromatic nitrogens is 4. The monoisotopic (exact) mass is 445 g/mol. The lowest BCUT2D eigenvalue weighted by atomic mass is 10.1. The minimum atomic E-state index is -3.16. The van der Waals surface area contributed by atoms with Crippen molar-refractivity contribution in [3.63, 3.8) is 0 Å². The van der Waals surface area contributed by atoms with Gasteiger partial charge in [0.2, 0.25) is 6.41 Å². The van der Waals surface area contributed by atoms with Crippen LogP contribution < -0.4 is 5.32 Å². The van der Waals surface area contributed by atoms with Crippen molar-refractivity contribution in [2.45, 2.75) is 65.0 Å². The molecular formula is C23H29F2N5O2. The highest BCUT2D eigenvalue weighted by molar-refractivity contribution is 5.97. The summed E-state index contributed by atoms with van der Waals surface area (Å²) in [6.45, 7) is 6.45. The standard InChI is InChI=1S/C21H23F2N5O2.C2H6/c1-12-7-15(27-20(26-12)21(2,22)23)14-10-28(16-5-4-6-18(16)30-3)17-9-24-19(25-11-29)8-13(14)17;1-2/h7-11,16,18H,4-6H2,1-3H3,(H,24,25,29);1-2H3. The van der Waals surface area contributed by atoms with Gasteiger partial charge in [0, 0.05) is 36.9 Å². The smallest absolute Gasteiger partial charge is 0.303 e. The van der Waals surface area contributed by atoms with Gasteiger partial charge in [-0.3, -0.25) is 4.79 Å². The Labute approximate surface area is 186 Å². The fourth-order valence-corrected chi connectivity index (χ4v) is 4.17. The van der Waals surface area contributed by atoms with Crippen molar-refractivity contribution >= 4 is 23.1 Å². The molecule has 3 aromatic rings. The lowest BCUT2D eigenvalue weighted by Gasteiger charge is -2.21. The molecular weight excluding hydrogens is 416 g/mol. The third kappa shape index (κ3) is 4.62. The summed E-state index contributed by atoms with van der Waals surface area (Å²) in [5.41, 5.74) is 2.36. The molecule has 1 saturated carbocycles. The molecule has 1 fully saturated rings. The Hall–Kier alpha value is -2.94. The van der Waals surface area contributed by atoms with Gasteiger partial charge in [0.05, 0.1) is 29.6 Å². The Kier molecular flexibility index (Phi) is 7.18. The molecule has 1 N–H and O–H groups in total. The van der Waals surface area contributed by atoms with E-state index in [1.165, 1.54) is 0 Å². The van der Waals surface area contributed by atoms with E-state index in [0.717, 1.165) is 37.1 Å². The SMILES string of the molecule is CC.COC1CCCC1n1cc(-c2cc(C)nc(C(C)(F)F)n2)c2cc(NC=O)ncc21. The van der Waals surface area contributed by atoms with Crippen LogP contribution in [0.3, 0.4) is 0 Å². The predicted molar refractivity (Wildman–Crippen MR) is 120 cm³/mol. The summed E-state index contributed by atoms with van der Waals surface area (Å²) in [6, 6.07) is 3.52. The van der Waals surface area contributed by atoms with E-state index in [0.29, 0.717) is 29.2 Å². The van der Waals surface area contributed by atoms with E-state index in [1.54, 1.807) is 32.4 Å². The number of amides is 1. The van der Waals surface area contributed by atoms with Crippen molar-refractivity contribution in [2.75, 3.05) is 12.4 Å². The summed E-state index contributed by atoms with van der Waals surface area (Å²) in [6.07, 6.45) is 7.13. The number of rotatable bonds is 6. The summed E-state index contributed by atoms with van der Waals surface area (Å²) in [4.78, 5) is 23.3. The van der Waals surface area contributed by atoms with Crippen LogP contribution in [-0.4, -0.2) is 39.1 Å². The topological polar surface area (TPSA) is 81.9 Å². The summed E-state index contributed by atoms with van der Waals surface area (Å²) in [5, 5.41) is 3.31. The minimum absolute atomic E-state index is 0.0592. The first-order chi connectivity index (χ1) is 15.3. The van der Waals surface area contributed by atoms with Crippen molar-refractivity contribution in [1.82, 2.24) is 19.5 Å². The van der Waals surface area contributed by atoms with Gasteiger partial charge in [-0.15, -0.1) is 0 Å². The second-order valence-corrected chi connectivity index (χ2v) is 7.68. The van der Waals surface area contributed by atoms with E-state index in [2.05, 4.69) is 24.8 Å². The highest BCUT2D eigenvalue weighted by Crippen LogP contribution is 2.39. The molecule has 4 rings (SSSR count). The zero-order valence-electron chi connectivity index (χ0n) is 19.0. The average molecular weight is 446 g/mol. The fourth-order valence-electron chi connectivity index (χ4n) is 4.17. The van der Waals surface area contributed by atoms with Crippen molar-refractivity contribution in [1.29, 1.82) is 0 Å². The van der Waals surface area contributed by atoms with Crippen LogP contribution in [-0.2, 0) is 15.5 Å². The first-order valence-electron chi connectivity index (χ1n) is 10.8. The number of carbonyl (C=O) groups is 1. The number of anilines is 1. The van der Waals surface area contributed by atoms with Crippen molar-refractivity contribution < 1.29 is 18.3 Å². The molecule has 3 heterocycles. The largest absolute Gasteiger partial charge is 0.379 e. The Morgan fingerprint density at radius 1 is 1.25 bits per heavy atom. The number of pyridine rings is 1. The maximum atomic E-state index is 14.0. The van der Waals surface area contributed by atoms with Crippen molar-refractivity contribution in [2.24, 2.45) is 0 Å². The average Bonchev–Trinajstić information content (AvgIpc) is 3.38. The van der Waals surface area contributed by atoms with Crippen LogP contribution in [0.25, 0.3) is 22.2 Å². The van der Waals surface area contributed by atoms with Gasteiger partial charge in [-0.05, 0) is 38.3 Å². The number of aryl methyl sites for hydroxylation is 1. The van der Waals surface area contributed by atoms with Gasteiger partial charge in [-0.1, -0.05) is 13.8 Å². The molecule has 32 heavy (non-hydrogen) atoms. The number of nitrogens with zero attached hydrogens (tertiary/aromatic N) is 4. The molecule has 1 amide bonds. The second-order valence-electron chi connectivity index (χ2n) is 7.68. The maximum Gasteiger partial charge on any atom is 0.303 e. The van der Waals surface area contributed by atoms with Crippen LogP contribution in [0.4, 0.5) is 14.6 Å². The molecule has 0 radical (unpaired) electrons. The van der Waals surface area contributed by atoms with Crippen LogP contribution in [0.2, 0.25) is 0 Å². The third-order valence-corrected chi connectivity index (χ3v) is 5.53. The molecule has 0 spiro atoms. The highest BCUT2D eigenvalue weighted by Gasteiger charge is 2.32. The predicted octanol–water partition coefficient (Wildman–Crippen LogP) is 5.25. The van der Waals surface area contributed by atoms with Gasteiger partial charge >= 0.3 is 5.92 Å². The molecule has 1 aliphatic carbocycles. The van der Waals surface area contributed by atoms with Crippen LogP contribution in [0.1, 0.15) is 57.6 Å².